The maximum absolute atomic E-state index is 4.14. The molecule has 1 N–H and O–H groups in total. The van der Waals surface area contributed by atoms with Gasteiger partial charge in [0.2, 0.25) is 0 Å². The zero-order chi connectivity index (χ0) is 38.4. The lowest BCUT2D eigenvalue weighted by molar-refractivity contribution is 0.757. The standard InChI is InChI=1S/C56H40N2/c1-36-16-5-6-19-40(36)46-35-34-45-44-22-9-13-27-50(44)56(48-25-11-7-20-42(48)43-21-8-12-26-49(43)56)54(45)55(46)57-38-32-30-37(31-33-38)41-24-15-29-52-53(41)47-23-10-14-28-51(47)58(52)39-17-3-2-4-18-39/h2-15,17-36,57H,16H2,1H3. The lowest BCUT2D eigenvalue weighted by Crippen LogP contribution is -2.27. The van der Waals surface area contributed by atoms with Crippen LogP contribution in [0.3, 0.4) is 0 Å². The van der Waals surface area contributed by atoms with E-state index in [0.29, 0.717) is 5.92 Å². The number of allylic oxidation sites excluding steroid dienone is 4. The molecule has 9 aromatic rings. The second kappa shape index (κ2) is 12.7. The summed E-state index contributed by atoms with van der Waals surface area (Å²) in [5.74, 6) is 0.396. The van der Waals surface area contributed by atoms with E-state index in [-0.39, 0.29) is 0 Å². The van der Waals surface area contributed by atoms with E-state index in [0.717, 1.165) is 12.1 Å². The summed E-state index contributed by atoms with van der Waals surface area (Å²) in [7, 11) is 0. The summed E-state index contributed by atoms with van der Waals surface area (Å²) < 4.78 is 2.39. The van der Waals surface area contributed by atoms with E-state index in [1.165, 1.54) is 100.0 Å². The van der Waals surface area contributed by atoms with Crippen molar-refractivity contribution in [1.82, 2.24) is 4.57 Å². The molecule has 3 aliphatic rings. The first-order valence-electron chi connectivity index (χ1n) is 20.5. The highest BCUT2D eigenvalue weighted by molar-refractivity contribution is 6.16. The van der Waals surface area contributed by atoms with Gasteiger partial charge in [-0.1, -0.05) is 171 Å². The van der Waals surface area contributed by atoms with E-state index >= 15 is 0 Å². The SMILES string of the molecule is CC1CC=CC=C1c1ccc2c(c1Nc1ccc(-c3cccc4c3c3ccccc3n4-c3ccccc3)cc1)C1(c3ccccc3-c3ccccc31)c1ccccc1-2. The number of para-hydroxylation sites is 2. The number of hydrogen-bond acceptors (Lipinski definition) is 1. The Balaban J connectivity index is 1.06. The number of fused-ring (bicyclic) bond motifs is 13. The number of benzene rings is 8. The van der Waals surface area contributed by atoms with Crippen LogP contribution in [0.4, 0.5) is 11.4 Å². The quantitative estimate of drug-likeness (QED) is 0.186. The van der Waals surface area contributed by atoms with Crippen LogP contribution in [0.2, 0.25) is 0 Å². The minimum absolute atomic E-state index is 0.396. The molecule has 3 aliphatic carbocycles. The molecule has 0 bridgehead atoms. The second-order valence-corrected chi connectivity index (χ2v) is 16.1. The van der Waals surface area contributed by atoms with Crippen LogP contribution in [-0.4, -0.2) is 4.57 Å². The lowest BCUT2D eigenvalue weighted by Gasteiger charge is -2.34. The number of nitrogens with zero attached hydrogens (tertiary/aromatic N) is 1. The van der Waals surface area contributed by atoms with Gasteiger partial charge in [-0.3, -0.25) is 0 Å². The van der Waals surface area contributed by atoms with E-state index in [1.54, 1.807) is 0 Å². The summed E-state index contributed by atoms with van der Waals surface area (Å²) >= 11 is 0. The first-order chi connectivity index (χ1) is 28.7. The molecule has 12 rings (SSSR count). The van der Waals surface area contributed by atoms with Crippen LogP contribution >= 0.6 is 0 Å². The summed E-state index contributed by atoms with van der Waals surface area (Å²) in [4.78, 5) is 0. The third-order valence-corrected chi connectivity index (χ3v) is 13.1. The monoisotopic (exact) mass is 740 g/mol. The largest absolute Gasteiger partial charge is 0.355 e. The fourth-order valence-corrected chi connectivity index (χ4v) is 10.7. The number of nitrogens with one attached hydrogen (secondary N) is 1. The summed E-state index contributed by atoms with van der Waals surface area (Å²) in [6.07, 6.45) is 7.90. The van der Waals surface area contributed by atoms with E-state index < -0.39 is 5.41 Å². The lowest BCUT2D eigenvalue weighted by atomic mass is 9.69. The van der Waals surface area contributed by atoms with Crippen LogP contribution in [0, 0.1) is 5.92 Å². The topological polar surface area (TPSA) is 17.0 Å². The van der Waals surface area contributed by atoms with Crippen molar-refractivity contribution in [1.29, 1.82) is 0 Å². The normalized spacial score (nSPS) is 15.6. The molecule has 2 nitrogen and oxygen atoms in total. The second-order valence-electron chi connectivity index (χ2n) is 16.1. The molecule has 0 saturated carbocycles. The predicted octanol–water partition coefficient (Wildman–Crippen LogP) is 14.5. The molecule has 0 saturated heterocycles. The summed E-state index contributed by atoms with van der Waals surface area (Å²) in [6, 6.07) is 67.4. The van der Waals surface area contributed by atoms with Crippen molar-refractivity contribution in [2.75, 3.05) is 5.32 Å². The Bertz CT molecular complexity index is 3110. The first kappa shape index (κ1) is 33.0. The van der Waals surface area contributed by atoms with Gasteiger partial charge in [-0.05, 0) is 104 Å². The molecule has 0 radical (unpaired) electrons. The molecule has 2 heteroatoms. The van der Waals surface area contributed by atoms with Crippen molar-refractivity contribution in [3.63, 3.8) is 0 Å². The molecule has 1 atom stereocenters. The molecule has 8 aromatic carbocycles. The maximum atomic E-state index is 4.14. The molecule has 1 spiro atoms. The smallest absolute Gasteiger partial charge is 0.0746 e. The molecular weight excluding hydrogens is 701 g/mol. The van der Waals surface area contributed by atoms with Crippen LogP contribution < -0.4 is 5.32 Å². The van der Waals surface area contributed by atoms with Crippen molar-refractivity contribution in [2.24, 2.45) is 5.92 Å². The Kier molecular flexibility index (Phi) is 7.22. The Morgan fingerprint density at radius 3 is 1.81 bits per heavy atom. The molecular formula is C56H40N2. The summed E-state index contributed by atoms with van der Waals surface area (Å²) in [5.41, 5.74) is 21.1. The summed E-state index contributed by atoms with van der Waals surface area (Å²) in [5, 5.41) is 6.67. The van der Waals surface area contributed by atoms with Crippen LogP contribution in [-0.2, 0) is 5.41 Å². The first-order valence-corrected chi connectivity index (χ1v) is 20.5. The minimum atomic E-state index is -0.464. The van der Waals surface area contributed by atoms with Crippen molar-refractivity contribution in [3.8, 4) is 39.1 Å². The Hall–Kier alpha value is -7.16. The van der Waals surface area contributed by atoms with Gasteiger partial charge in [-0.15, -0.1) is 0 Å². The van der Waals surface area contributed by atoms with Crippen LogP contribution in [0.15, 0.2) is 200 Å². The Labute approximate surface area is 339 Å². The number of hydrogen-bond donors (Lipinski definition) is 1. The molecule has 0 amide bonds. The Morgan fingerprint density at radius 1 is 0.517 bits per heavy atom. The van der Waals surface area contributed by atoms with Crippen molar-refractivity contribution < 1.29 is 0 Å². The highest BCUT2D eigenvalue weighted by Gasteiger charge is 2.53. The molecule has 58 heavy (non-hydrogen) atoms. The van der Waals surface area contributed by atoms with Gasteiger partial charge in [0.25, 0.3) is 0 Å². The number of anilines is 2. The van der Waals surface area contributed by atoms with Gasteiger partial charge in [0.1, 0.15) is 0 Å². The average molecular weight is 741 g/mol. The third kappa shape index (κ3) is 4.54. The van der Waals surface area contributed by atoms with Crippen LogP contribution in [0.5, 0.6) is 0 Å². The molecule has 1 aromatic heterocycles. The van der Waals surface area contributed by atoms with Gasteiger partial charge >= 0.3 is 0 Å². The third-order valence-electron chi connectivity index (χ3n) is 13.1. The van der Waals surface area contributed by atoms with Gasteiger partial charge in [0, 0.05) is 33.3 Å². The van der Waals surface area contributed by atoms with Gasteiger partial charge in [0.15, 0.2) is 0 Å². The van der Waals surface area contributed by atoms with Crippen molar-refractivity contribution >= 4 is 38.8 Å². The Morgan fingerprint density at radius 2 is 1.10 bits per heavy atom. The number of aromatic nitrogens is 1. The zero-order valence-electron chi connectivity index (χ0n) is 32.3. The predicted molar refractivity (Wildman–Crippen MR) is 243 cm³/mol. The van der Waals surface area contributed by atoms with Gasteiger partial charge < -0.3 is 9.88 Å². The van der Waals surface area contributed by atoms with E-state index in [9.17, 15) is 0 Å². The van der Waals surface area contributed by atoms with Gasteiger partial charge in [-0.25, -0.2) is 0 Å². The van der Waals surface area contributed by atoms with E-state index in [1.807, 2.05) is 0 Å². The minimum Gasteiger partial charge on any atom is -0.355 e. The number of rotatable bonds is 5. The fourth-order valence-electron chi connectivity index (χ4n) is 10.7. The summed E-state index contributed by atoms with van der Waals surface area (Å²) in [6.45, 7) is 2.36. The van der Waals surface area contributed by atoms with Gasteiger partial charge in [0.05, 0.1) is 22.1 Å². The molecule has 0 fully saturated rings. The zero-order valence-corrected chi connectivity index (χ0v) is 32.3. The average Bonchev–Trinajstić information content (AvgIpc) is 3.90. The molecule has 0 aliphatic heterocycles. The highest BCUT2D eigenvalue weighted by Crippen LogP contribution is 2.65. The van der Waals surface area contributed by atoms with Crippen molar-refractivity contribution in [2.45, 2.75) is 18.8 Å². The van der Waals surface area contributed by atoms with Crippen LogP contribution in [0.1, 0.15) is 41.2 Å². The van der Waals surface area contributed by atoms with E-state index in [4.69, 9.17) is 0 Å². The molecule has 1 unspecified atom stereocenters. The molecule has 1 heterocycles. The maximum Gasteiger partial charge on any atom is 0.0746 e. The highest BCUT2D eigenvalue weighted by atomic mass is 15.0. The van der Waals surface area contributed by atoms with Gasteiger partial charge in [-0.2, -0.15) is 0 Å². The fraction of sp³-hybridized carbons (Fsp3) is 0.0714. The molecule has 274 valence electrons. The van der Waals surface area contributed by atoms with Crippen LogP contribution in [0.25, 0.3) is 66.4 Å². The van der Waals surface area contributed by atoms with E-state index in [2.05, 4.69) is 217 Å². The van der Waals surface area contributed by atoms with Crippen molar-refractivity contribution in [3.05, 3.63) is 228 Å².